The molecule has 0 bridgehead atoms. The number of hydrogen-bond donors (Lipinski definition) is 1. The fourth-order valence-corrected chi connectivity index (χ4v) is 3.66. The molecular formula is C24H30N2O4. The number of esters is 1. The quantitative estimate of drug-likeness (QED) is 0.686. The van der Waals surface area contributed by atoms with E-state index in [4.69, 9.17) is 9.47 Å². The number of amides is 1. The molecule has 2 aromatic carbocycles. The summed E-state index contributed by atoms with van der Waals surface area (Å²) in [6.45, 7) is 5.56. The van der Waals surface area contributed by atoms with Crippen LogP contribution in [0.1, 0.15) is 30.9 Å². The van der Waals surface area contributed by atoms with Crippen molar-refractivity contribution >= 4 is 17.7 Å². The van der Waals surface area contributed by atoms with E-state index in [1.54, 1.807) is 4.90 Å². The third-order valence-corrected chi connectivity index (χ3v) is 5.39. The standard InChI is InChI=1S/C24H30N2O4/c1-3-29-23(27)22(25-21-11-9-18(2)10-12-21)20-13-15-26(16-14-20)24(28)30-17-19-7-5-4-6-8-19/h4-12,20,22,25H,3,13-17H2,1-2H3. The summed E-state index contributed by atoms with van der Waals surface area (Å²) in [5.74, 6) is -0.160. The van der Waals surface area contributed by atoms with Gasteiger partial charge in [-0.3, -0.25) is 0 Å². The van der Waals surface area contributed by atoms with Crippen LogP contribution in [0.25, 0.3) is 0 Å². The summed E-state index contributed by atoms with van der Waals surface area (Å²) < 4.78 is 10.7. The van der Waals surface area contributed by atoms with Gasteiger partial charge in [-0.25, -0.2) is 9.59 Å². The highest BCUT2D eigenvalue weighted by atomic mass is 16.6. The van der Waals surface area contributed by atoms with Gasteiger partial charge in [-0.15, -0.1) is 0 Å². The van der Waals surface area contributed by atoms with Crippen molar-refractivity contribution in [1.29, 1.82) is 0 Å². The Morgan fingerprint density at radius 3 is 2.33 bits per heavy atom. The van der Waals surface area contributed by atoms with Crippen molar-refractivity contribution in [2.75, 3.05) is 25.0 Å². The summed E-state index contributed by atoms with van der Waals surface area (Å²) in [6, 6.07) is 17.2. The third kappa shape index (κ3) is 5.99. The number of carbonyl (C=O) groups excluding carboxylic acids is 2. The minimum Gasteiger partial charge on any atom is -0.464 e. The first-order valence-electron chi connectivity index (χ1n) is 10.5. The lowest BCUT2D eigenvalue weighted by Gasteiger charge is -2.35. The second-order valence-electron chi connectivity index (χ2n) is 7.60. The van der Waals surface area contributed by atoms with E-state index >= 15 is 0 Å². The number of hydrogen-bond acceptors (Lipinski definition) is 5. The molecule has 1 amide bonds. The molecule has 6 nitrogen and oxygen atoms in total. The number of aryl methyl sites for hydroxylation is 1. The van der Waals surface area contributed by atoms with Gasteiger partial charge in [-0.1, -0.05) is 48.0 Å². The van der Waals surface area contributed by atoms with Crippen LogP contribution in [0.5, 0.6) is 0 Å². The molecule has 3 rings (SSSR count). The lowest BCUT2D eigenvalue weighted by molar-refractivity contribution is -0.145. The fraction of sp³-hybridized carbons (Fsp3) is 0.417. The average molecular weight is 411 g/mol. The van der Waals surface area contributed by atoms with Crippen LogP contribution in [0, 0.1) is 12.8 Å². The summed E-state index contributed by atoms with van der Waals surface area (Å²) in [6.07, 6.45) is 1.11. The van der Waals surface area contributed by atoms with Gasteiger partial charge in [-0.2, -0.15) is 0 Å². The zero-order valence-electron chi connectivity index (χ0n) is 17.7. The second-order valence-corrected chi connectivity index (χ2v) is 7.60. The molecule has 0 spiro atoms. The highest BCUT2D eigenvalue weighted by Crippen LogP contribution is 2.25. The van der Waals surface area contributed by atoms with Gasteiger partial charge in [0, 0.05) is 18.8 Å². The summed E-state index contributed by atoms with van der Waals surface area (Å²) in [4.78, 5) is 26.7. The minimum atomic E-state index is -0.435. The number of benzene rings is 2. The van der Waals surface area contributed by atoms with Crippen LogP contribution >= 0.6 is 0 Å². The smallest absolute Gasteiger partial charge is 0.410 e. The minimum absolute atomic E-state index is 0.0866. The molecule has 1 heterocycles. The Labute approximate surface area is 178 Å². The number of nitrogens with zero attached hydrogens (tertiary/aromatic N) is 1. The first-order chi connectivity index (χ1) is 14.6. The topological polar surface area (TPSA) is 67.9 Å². The van der Waals surface area contributed by atoms with Crippen LogP contribution in [0.3, 0.4) is 0 Å². The maximum Gasteiger partial charge on any atom is 0.410 e. The summed E-state index contributed by atoms with van der Waals surface area (Å²) in [7, 11) is 0. The number of likely N-dealkylation sites (tertiary alicyclic amines) is 1. The van der Waals surface area contributed by atoms with Gasteiger partial charge < -0.3 is 19.7 Å². The summed E-state index contributed by atoms with van der Waals surface area (Å²) in [5, 5.41) is 3.34. The van der Waals surface area contributed by atoms with E-state index in [2.05, 4.69) is 5.32 Å². The predicted octanol–water partition coefficient (Wildman–Crippen LogP) is 4.39. The van der Waals surface area contributed by atoms with Gasteiger partial charge in [0.1, 0.15) is 12.6 Å². The highest BCUT2D eigenvalue weighted by molar-refractivity contribution is 5.80. The van der Waals surface area contributed by atoms with E-state index in [0.717, 1.165) is 16.8 Å². The van der Waals surface area contributed by atoms with Crippen molar-refractivity contribution in [3.8, 4) is 0 Å². The SMILES string of the molecule is CCOC(=O)C(Nc1ccc(C)cc1)C1CCN(C(=O)OCc2ccccc2)CC1. The number of piperidine rings is 1. The van der Waals surface area contributed by atoms with Gasteiger partial charge in [0.05, 0.1) is 6.61 Å². The summed E-state index contributed by atoms with van der Waals surface area (Å²) >= 11 is 0. The predicted molar refractivity (Wildman–Crippen MR) is 116 cm³/mol. The van der Waals surface area contributed by atoms with Crippen LogP contribution in [0.4, 0.5) is 10.5 Å². The molecule has 1 saturated heterocycles. The maximum atomic E-state index is 12.6. The number of carbonyl (C=O) groups is 2. The van der Waals surface area contributed by atoms with Crippen LogP contribution in [0.15, 0.2) is 54.6 Å². The Hall–Kier alpha value is -3.02. The lowest BCUT2D eigenvalue weighted by atomic mass is 9.89. The molecule has 1 N–H and O–H groups in total. The zero-order valence-corrected chi connectivity index (χ0v) is 17.7. The van der Waals surface area contributed by atoms with E-state index in [9.17, 15) is 9.59 Å². The van der Waals surface area contributed by atoms with Gasteiger partial charge in [0.2, 0.25) is 0 Å². The Morgan fingerprint density at radius 1 is 1.03 bits per heavy atom. The zero-order chi connectivity index (χ0) is 21.3. The Kier molecular flexibility index (Phi) is 7.71. The fourth-order valence-electron chi connectivity index (χ4n) is 3.66. The van der Waals surface area contributed by atoms with E-state index in [0.29, 0.717) is 32.5 Å². The molecule has 30 heavy (non-hydrogen) atoms. The van der Waals surface area contributed by atoms with Crippen LogP contribution in [-0.4, -0.2) is 42.7 Å². The summed E-state index contributed by atoms with van der Waals surface area (Å²) in [5.41, 5.74) is 3.02. The van der Waals surface area contributed by atoms with Crippen LogP contribution in [0.2, 0.25) is 0 Å². The van der Waals surface area contributed by atoms with Crippen molar-refractivity contribution in [2.45, 2.75) is 39.3 Å². The van der Waals surface area contributed by atoms with Crippen LogP contribution < -0.4 is 5.32 Å². The first kappa shape index (κ1) is 21.7. The molecule has 0 aromatic heterocycles. The number of nitrogens with one attached hydrogen (secondary N) is 1. The van der Waals surface area contributed by atoms with E-state index < -0.39 is 6.04 Å². The molecule has 0 saturated carbocycles. The van der Waals surface area contributed by atoms with Crippen molar-refractivity contribution < 1.29 is 19.1 Å². The maximum absolute atomic E-state index is 12.6. The van der Waals surface area contributed by atoms with Crippen molar-refractivity contribution in [1.82, 2.24) is 4.90 Å². The highest BCUT2D eigenvalue weighted by Gasteiger charge is 2.34. The third-order valence-electron chi connectivity index (χ3n) is 5.39. The monoisotopic (exact) mass is 410 g/mol. The Bertz CT molecular complexity index is 815. The van der Waals surface area contributed by atoms with Gasteiger partial charge in [0.25, 0.3) is 0 Å². The van der Waals surface area contributed by atoms with Crippen molar-refractivity contribution in [3.05, 3.63) is 65.7 Å². The first-order valence-corrected chi connectivity index (χ1v) is 10.5. The molecule has 1 fully saturated rings. The van der Waals surface area contributed by atoms with Gasteiger partial charge >= 0.3 is 12.1 Å². The molecule has 1 unspecified atom stereocenters. The van der Waals surface area contributed by atoms with Gasteiger partial charge in [0.15, 0.2) is 0 Å². The molecule has 1 atom stereocenters. The van der Waals surface area contributed by atoms with E-state index in [1.807, 2.05) is 68.4 Å². The molecule has 1 aliphatic rings. The number of ether oxygens (including phenoxy) is 2. The molecule has 0 radical (unpaired) electrons. The normalized spacial score (nSPS) is 15.3. The van der Waals surface area contributed by atoms with E-state index in [-0.39, 0.29) is 24.6 Å². The van der Waals surface area contributed by atoms with Crippen molar-refractivity contribution in [3.63, 3.8) is 0 Å². The largest absolute Gasteiger partial charge is 0.464 e. The molecular weight excluding hydrogens is 380 g/mol. The molecule has 0 aliphatic carbocycles. The molecule has 160 valence electrons. The van der Waals surface area contributed by atoms with Gasteiger partial charge in [-0.05, 0) is 50.3 Å². The lowest BCUT2D eigenvalue weighted by Crippen LogP contribution is -2.46. The van der Waals surface area contributed by atoms with E-state index in [1.165, 1.54) is 0 Å². The van der Waals surface area contributed by atoms with Crippen LogP contribution in [-0.2, 0) is 20.9 Å². The molecule has 6 heteroatoms. The Balaban J connectivity index is 1.55. The average Bonchev–Trinajstić information content (AvgIpc) is 2.78. The molecule has 2 aromatic rings. The molecule has 1 aliphatic heterocycles. The van der Waals surface area contributed by atoms with Crippen molar-refractivity contribution in [2.24, 2.45) is 5.92 Å². The second kappa shape index (κ2) is 10.7. The Morgan fingerprint density at radius 2 is 1.70 bits per heavy atom. The number of anilines is 1. The number of rotatable bonds is 7.